The van der Waals surface area contributed by atoms with Crippen LogP contribution in [0.1, 0.15) is 22.5 Å². The Balaban J connectivity index is 2.16. The minimum absolute atomic E-state index is 0.0154. The molecule has 1 aliphatic heterocycles. The second-order valence-electron chi connectivity index (χ2n) is 4.26. The molecule has 0 bridgehead atoms. The van der Waals surface area contributed by atoms with E-state index in [0.717, 1.165) is 11.3 Å². The predicted molar refractivity (Wildman–Crippen MR) is 67.8 cm³/mol. The number of carbonyl (C=O) groups is 2. The fourth-order valence-corrected chi connectivity index (χ4v) is 3.08. The zero-order valence-corrected chi connectivity index (χ0v) is 10.9. The normalized spacial score (nSPS) is 19.8. The SMILES string of the molecule is Cc1ccoc1C(=O)N1CCSCC1CC(=O)O. The van der Waals surface area contributed by atoms with Gasteiger partial charge in [0.15, 0.2) is 5.76 Å². The number of thioether (sulfide) groups is 1. The van der Waals surface area contributed by atoms with Crippen molar-refractivity contribution in [3.8, 4) is 0 Å². The summed E-state index contributed by atoms with van der Waals surface area (Å²) < 4.78 is 5.19. The molecule has 2 rings (SSSR count). The molecule has 0 spiro atoms. The van der Waals surface area contributed by atoms with Crippen LogP contribution >= 0.6 is 11.8 Å². The number of carboxylic acid groups (broad SMARTS) is 1. The number of carbonyl (C=O) groups excluding carboxylic acids is 1. The van der Waals surface area contributed by atoms with Crippen LogP contribution < -0.4 is 0 Å². The molecule has 0 saturated carbocycles. The molecule has 5 nitrogen and oxygen atoms in total. The molecule has 1 fully saturated rings. The van der Waals surface area contributed by atoms with Crippen LogP contribution in [0.25, 0.3) is 0 Å². The second-order valence-corrected chi connectivity index (χ2v) is 5.41. The van der Waals surface area contributed by atoms with Gasteiger partial charge in [-0.15, -0.1) is 0 Å². The molecule has 18 heavy (non-hydrogen) atoms. The molecule has 1 N–H and O–H groups in total. The van der Waals surface area contributed by atoms with Crippen molar-refractivity contribution in [2.45, 2.75) is 19.4 Å². The van der Waals surface area contributed by atoms with Crippen LogP contribution in [-0.4, -0.2) is 46.0 Å². The summed E-state index contributed by atoms with van der Waals surface area (Å²) in [5, 5.41) is 8.88. The first-order valence-corrected chi connectivity index (χ1v) is 6.89. The summed E-state index contributed by atoms with van der Waals surface area (Å²) in [5.41, 5.74) is 0.785. The highest BCUT2D eigenvalue weighted by Crippen LogP contribution is 2.22. The van der Waals surface area contributed by atoms with Crippen molar-refractivity contribution >= 4 is 23.6 Å². The molecule has 98 valence electrons. The van der Waals surface area contributed by atoms with Gasteiger partial charge in [-0.05, 0) is 13.0 Å². The Kier molecular flexibility index (Phi) is 3.96. The Hall–Kier alpha value is -1.43. The van der Waals surface area contributed by atoms with E-state index in [1.54, 1.807) is 22.7 Å². The standard InChI is InChI=1S/C12H15NO4S/c1-8-2-4-17-11(8)12(16)13-3-5-18-7-9(13)6-10(14)15/h2,4,9H,3,5-7H2,1H3,(H,14,15). The molecule has 1 saturated heterocycles. The minimum atomic E-state index is -0.878. The van der Waals surface area contributed by atoms with Gasteiger partial charge in [-0.2, -0.15) is 11.8 Å². The van der Waals surface area contributed by atoms with Gasteiger partial charge in [0.1, 0.15) is 0 Å². The number of amides is 1. The Morgan fingerprint density at radius 3 is 3.00 bits per heavy atom. The molecule has 2 heterocycles. The Morgan fingerprint density at radius 1 is 1.61 bits per heavy atom. The minimum Gasteiger partial charge on any atom is -0.481 e. The smallest absolute Gasteiger partial charge is 0.305 e. The van der Waals surface area contributed by atoms with E-state index in [9.17, 15) is 9.59 Å². The summed E-state index contributed by atoms with van der Waals surface area (Å²) in [6, 6.07) is 1.48. The highest BCUT2D eigenvalue weighted by molar-refractivity contribution is 7.99. The third-order valence-electron chi connectivity index (χ3n) is 2.95. The molecule has 6 heteroatoms. The van der Waals surface area contributed by atoms with Crippen molar-refractivity contribution in [2.75, 3.05) is 18.1 Å². The van der Waals surface area contributed by atoms with Gasteiger partial charge < -0.3 is 14.4 Å². The molecule has 1 unspecified atom stereocenters. The number of hydrogen-bond acceptors (Lipinski definition) is 4. The maximum Gasteiger partial charge on any atom is 0.305 e. The molecule has 1 aromatic heterocycles. The highest BCUT2D eigenvalue weighted by Gasteiger charge is 2.31. The van der Waals surface area contributed by atoms with Crippen LogP contribution in [0.3, 0.4) is 0 Å². The molecule has 0 aromatic carbocycles. The quantitative estimate of drug-likeness (QED) is 0.903. The highest BCUT2D eigenvalue weighted by atomic mass is 32.2. The zero-order valence-electron chi connectivity index (χ0n) is 10.1. The first-order chi connectivity index (χ1) is 8.59. The maximum absolute atomic E-state index is 12.3. The number of hydrogen-bond donors (Lipinski definition) is 1. The lowest BCUT2D eigenvalue weighted by molar-refractivity contribution is -0.138. The summed E-state index contributed by atoms with van der Waals surface area (Å²) in [5.74, 6) is 0.733. The third-order valence-corrected chi connectivity index (χ3v) is 4.05. The van der Waals surface area contributed by atoms with Crippen molar-refractivity contribution in [1.29, 1.82) is 0 Å². The lowest BCUT2D eigenvalue weighted by atomic mass is 10.1. The van der Waals surface area contributed by atoms with Crippen LogP contribution in [0.4, 0.5) is 0 Å². The number of furan rings is 1. The summed E-state index contributed by atoms with van der Waals surface area (Å²) in [4.78, 5) is 24.7. The van der Waals surface area contributed by atoms with Crippen molar-refractivity contribution in [3.63, 3.8) is 0 Å². The lowest BCUT2D eigenvalue weighted by Crippen LogP contribution is -2.47. The number of nitrogens with zero attached hydrogens (tertiary/aromatic N) is 1. The van der Waals surface area contributed by atoms with Crippen molar-refractivity contribution in [1.82, 2.24) is 4.90 Å². The third kappa shape index (κ3) is 2.69. The van der Waals surface area contributed by atoms with Crippen molar-refractivity contribution in [3.05, 3.63) is 23.7 Å². The molecule has 1 aliphatic rings. The lowest BCUT2D eigenvalue weighted by Gasteiger charge is -2.34. The van der Waals surface area contributed by atoms with E-state index in [1.807, 2.05) is 6.92 Å². The average Bonchev–Trinajstić information content (AvgIpc) is 2.74. The van der Waals surface area contributed by atoms with Gasteiger partial charge in [-0.3, -0.25) is 9.59 Å². The van der Waals surface area contributed by atoms with E-state index in [1.165, 1.54) is 6.26 Å². The average molecular weight is 269 g/mol. The monoisotopic (exact) mass is 269 g/mol. The molecule has 0 aliphatic carbocycles. The summed E-state index contributed by atoms with van der Waals surface area (Å²) >= 11 is 1.68. The van der Waals surface area contributed by atoms with E-state index in [4.69, 9.17) is 9.52 Å². The van der Waals surface area contributed by atoms with Crippen LogP contribution in [0.2, 0.25) is 0 Å². The van der Waals surface area contributed by atoms with Gasteiger partial charge in [-0.1, -0.05) is 0 Å². The fourth-order valence-electron chi connectivity index (χ4n) is 2.02. The topological polar surface area (TPSA) is 70.8 Å². The Bertz CT molecular complexity index is 457. The van der Waals surface area contributed by atoms with E-state index in [-0.39, 0.29) is 18.4 Å². The largest absolute Gasteiger partial charge is 0.481 e. The summed E-state index contributed by atoms with van der Waals surface area (Å²) in [6.07, 6.45) is 1.46. The first-order valence-electron chi connectivity index (χ1n) is 5.74. The van der Waals surface area contributed by atoms with E-state index >= 15 is 0 Å². The van der Waals surface area contributed by atoms with Gasteiger partial charge in [0.25, 0.3) is 5.91 Å². The predicted octanol–water partition coefficient (Wildman–Crippen LogP) is 1.62. The first kappa shape index (κ1) is 13.0. The number of aliphatic carboxylic acids is 1. The van der Waals surface area contributed by atoms with Crippen LogP contribution in [0, 0.1) is 6.92 Å². The fraction of sp³-hybridized carbons (Fsp3) is 0.500. The van der Waals surface area contributed by atoms with Crippen LogP contribution in [-0.2, 0) is 4.79 Å². The van der Waals surface area contributed by atoms with Gasteiger partial charge in [-0.25, -0.2) is 0 Å². The van der Waals surface area contributed by atoms with Crippen LogP contribution in [0.5, 0.6) is 0 Å². The van der Waals surface area contributed by atoms with Gasteiger partial charge in [0.2, 0.25) is 0 Å². The Labute approximate surface area is 109 Å². The number of aryl methyl sites for hydroxylation is 1. The Morgan fingerprint density at radius 2 is 2.39 bits per heavy atom. The molecular formula is C12H15NO4S. The maximum atomic E-state index is 12.3. The molecule has 1 amide bonds. The van der Waals surface area contributed by atoms with E-state index in [0.29, 0.717) is 18.1 Å². The van der Waals surface area contributed by atoms with Gasteiger partial charge in [0, 0.05) is 23.6 Å². The van der Waals surface area contributed by atoms with Gasteiger partial charge >= 0.3 is 5.97 Å². The van der Waals surface area contributed by atoms with Gasteiger partial charge in [0.05, 0.1) is 18.7 Å². The van der Waals surface area contributed by atoms with Crippen molar-refractivity contribution in [2.24, 2.45) is 0 Å². The van der Waals surface area contributed by atoms with Crippen molar-refractivity contribution < 1.29 is 19.1 Å². The van der Waals surface area contributed by atoms with Crippen LogP contribution in [0.15, 0.2) is 16.7 Å². The summed E-state index contributed by atoms with van der Waals surface area (Å²) in [6.45, 7) is 2.38. The number of carboxylic acids is 1. The van der Waals surface area contributed by atoms with E-state index in [2.05, 4.69) is 0 Å². The molecular weight excluding hydrogens is 254 g/mol. The zero-order chi connectivity index (χ0) is 13.1. The second kappa shape index (κ2) is 5.48. The number of rotatable bonds is 3. The molecule has 1 aromatic rings. The molecule has 1 atom stereocenters. The molecule has 0 radical (unpaired) electrons. The van der Waals surface area contributed by atoms with E-state index < -0.39 is 5.97 Å². The summed E-state index contributed by atoms with van der Waals surface area (Å²) in [7, 11) is 0.